The van der Waals surface area contributed by atoms with Crippen LogP contribution < -0.4 is 0 Å². The highest BCUT2D eigenvalue weighted by Crippen LogP contribution is 2.36. The molecular weight excluding hydrogens is 272 g/mol. The molecule has 6 nitrogen and oxygen atoms in total. The Labute approximate surface area is 123 Å². The lowest BCUT2D eigenvalue weighted by atomic mass is 9.96. The number of likely N-dealkylation sites (tertiary alicyclic amines) is 1. The number of amides is 1. The van der Waals surface area contributed by atoms with Gasteiger partial charge in [-0.2, -0.15) is 0 Å². The van der Waals surface area contributed by atoms with Gasteiger partial charge in [-0.15, -0.1) is 0 Å². The minimum atomic E-state index is -0.605. The summed E-state index contributed by atoms with van der Waals surface area (Å²) in [6.07, 6.45) is 5.04. The molecule has 6 heteroatoms. The van der Waals surface area contributed by atoms with Gasteiger partial charge in [0.05, 0.1) is 6.54 Å². The number of aryl methyl sites for hydroxylation is 1. The summed E-state index contributed by atoms with van der Waals surface area (Å²) in [5, 5.41) is 14.3. The summed E-state index contributed by atoms with van der Waals surface area (Å²) in [4.78, 5) is 14.4. The topological polar surface area (TPSA) is 75.8 Å². The van der Waals surface area contributed by atoms with Crippen molar-refractivity contribution in [3.8, 4) is 0 Å². The molecule has 1 aromatic rings. The first-order valence-corrected chi connectivity index (χ1v) is 7.78. The number of carbonyl (C=O) groups excluding carboxylic acids is 1. The van der Waals surface area contributed by atoms with Gasteiger partial charge in [0.25, 0.3) is 5.91 Å². The Morgan fingerprint density at radius 1 is 1.33 bits per heavy atom. The number of rotatable bonds is 1. The average Bonchev–Trinajstić information content (AvgIpc) is 3.20. The molecule has 2 atom stereocenters. The first-order valence-electron chi connectivity index (χ1n) is 7.78. The summed E-state index contributed by atoms with van der Waals surface area (Å²) in [5.74, 6) is 0.726. The third-order valence-electron chi connectivity index (χ3n) is 5.03. The van der Waals surface area contributed by atoms with E-state index in [1.807, 2.05) is 0 Å². The van der Waals surface area contributed by atoms with Crippen molar-refractivity contribution in [2.24, 2.45) is 0 Å². The first-order chi connectivity index (χ1) is 10.2. The van der Waals surface area contributed by atoms with Crippen LogP contribution in [0.5, 0.6) is 0 Å². The van der Waals surface area contributed by atoms with Crippen molar-refractivity contribution in [2.45, 2.75) is 50.2 Å². The molecule has 1 aromatic heterocycles. The van der Waals surface area contributed by atoms with E-state index >= 15 is 0 Å². The zero-order chi connectivity index (χ0) is 14.4. The van der Waals surface area contributed by atoms with E-state index in [2.05, 4.69) is 5.16 Å². The number of ether oxygens (including phenoxy) is 1. The van der Waals surface area contributed by atoms with Gasteiger partial charge in [0.2, 0.25) is 0 Å². The maximum Gasteiger partial charge on any atom is 0.276 e. The van der Waals surface area contributed by atoms with E-state index in [4.69, 9.17) is 9.26 Å². The second-order valence-corrected chi connectivity index (χ2v) is 6.36. The van der Waals surface area contributed by atoms with E-state index in [1.165, 1.54) is 0 Å². The molecule has 0 unspecified atom stereocenters. The molecule has 0 saturated carbocycles. The second kappa shape index (κ2) is 4.81. The standard InChI is InChI=1S/C15H20N2O4/c18-12-8-17(9-15(12)6-3-7-20-15)14(19)13-10-4-1-2-5-11(10)21-16-13/h12,18H,1-9H2/t12-,15-/m0/s1. The Bertz CT molecular complexity index is 562. The van der Waals surface area contributed by atoms with Gasteiger partial charge >= 0.3 is 0 Å². The average molecular weight is 292 g/mol. The molecule has 21 heavy (non-hydrogen) atoms. The lowest BCUT2D eigenvalue weighted by molar-refractivity contribution is -0.0590. The van der Waals surface area contributed by atoms with Crippen LogP contribution in [0.1, 0.15) is 47.5 Å². The lowest BCUT2D eigenvalue weighted by Crippen LogP contribution is -2.41. The van der Waals surface area contributed by atoms with Gasteiger partial charge in [-0.1, -0.05) is 5.16 Å². The normalized spacial score (nSPS) is 31.9. The summed E-state index contributed by atoms with van der Waals surface area (Å²) in [6, 6.07) is 0. The Hall–Kier alpha value is -1.40. The number of carbonyl (C=O) groups is 1. The predicted molar refractivity (Wildman–Crippen MR) is 73.0 cm³/mol. The van der Waals surface area contributed by atoms with E-state index in [9.17, 15) is 9.90 Å². The van der Waals surface area contributed by atoms with E-state index < -0.39 is 11.7 Å². The fraction of sp³-hybridized carbons (Fsp3) is 0.733. The first kappa shape index (κ1) is 13.3. The number of aromatic nitrogens is 1. The predicted octanol–water partition coefficient (Wildman–Crippen LogP) is 0.919. The number of hydrogen-bond donors (Lipinski definition) is 1. The largest absolute Gasteiger partial charge is 0.388 e. The van der Waals surface area contributed by atoms with Crippen molar-refractivity contribution in [1.82, 2.24) is 10.1 Å². The van der Waals surface area contributed by atoms with Crippen molar-refractivity contribution in [3.63, 3.8) is 0 Å². The lowest BCUT2D eigenvalue weighted by Gasteiger charge is -2.25. The van der Waals surface area contributed by atoms with Gasteiger partial charge in [0.15, 0.2) is 5.69 Å². The molecule has 4 rings (SSSR count). The number of β-amino-alcohol motifs (C(OH)–C–C–N with tert-alkyl or cyclic N) is 1. The fourth-order valence-electron chi connectivity index (χ4n) is 3.83. The monoisotopic (exact) mass is 292 g/mol. The Kier molecular flexibility index (Phi) is 3.04. The molecule has 0 aromatic carbocycles. The number of aliphatic hydroxyl groups is 1. The minimum Gasteiger partial charge on any atom is -0.388 e. The van der Waals surface area contributed by atoms with E-state index in [0.29, 0.717) is 25.4 Å². The summed E-state index contributed by atoms with van der Waals surface area (Å²) in [5.41, 5.74) is 0.848. The number of fused-ring (bicyclic) bond motifs is 1. The van der Waals surface area contributed by atoms with Gasteiger partial charge in [-0.05, 0) is 32.1 Å². The third kappa shape index (κ3) is 2.00. The maximum absolute atomic E-state index is 12.7. The quantitative estimate of drug-likeness (QED) is 0.833. The second-order valence-electron chi connectivity index (χ2n) is 6.36. The van der Waals surface area contributed by atoms with E-state index in [0.717, 1.165) is 49.8 Å². The summed E-state index contributed by atoms with van der Waals surface area (Å²) in [6.45, 7) is 1.44. The molecule has 3 aliphatic rings. The van der Waals surface area contributed by atoms with Crippen LogP contribution in [0.25, 0.3) is 0 Å². The van der Waals surface area contributed by atoms with Gasteiger partial charge in [-0.3, -0.25) is 4.79 Å². The molecule has 0 radical (unpaired) electrons. The van der Waals surface area contributed by atoms with E-state index in [-0.39, 0.29) is 5.91 Å². The van der Waals surface area contributed by atoms with E-state index in [1.54, 1.807) is 4.90 Å². The molecule has 0 bridgehead atoms. The van der Waals surface area contributed by atoms with Crippen molar-refractivity contribution in [2.75, 3.05) is 19.7 Å². The van der Waals surface area contributed by atoms with Gasteiger partial charge in [-0.25, -0.2) is 0 Å². The molecular formula is C15H20N2O4. The number of hydrogen-bond acceptors (Lipinski definition) is 5. The van der Waals surface area contributed by atoms with Crippen LogP contribution in [0.15, 0.2) is 4.52 Å². The van der Waals surface area contributed by atoms with Crippen LogP contribution >= 0.6 is 0 Å². The summed E-state index contributed by atoms with van der Waals surface area (Å²) >= 11 is 0. The van der Waals surface area contributed by atoms with Gasteiger partial charge in [0, 0.05) is 25.1 Å². The van der Waals surface area contributed by atoms with Crippen LogP contribution in [0.4, 0.5) is 0 Å². The van der Waals surface area contributed by atoms with Gasteiger partial charge < -0.3 is 19.3 Å². The number of nitrogens with zero attached hydrogens (tertiary/aromatic N) is 2. The summed E-state index contributed by atoms with van der Waals surface area (Å²) in [7, 11) is 0. The zero-order valence-electron chi connectivity index (χ0n) is 12.0. The molecule has 2 aliphatic heterocycles. The van der Waals surface area contributed by atoms with Crippen molar-refractivity contribution in [3.05, 3.63) is 17.0 Å². The van der Waals surface area contributed by atoms with Crippen molar-refractivity contribution in [1.29, 1.82) is 0 Å². The Balaban J connectivity index is 1.57. The molecule has 2 fully saturated rings. The van der Waals surface area contributed by atoms with Gasteiger partial charge in [0.1, 0.15) is 17.5 Å². The molecule has 114 valence electrons. The van der Waals surface area contributed by atoms with Crippen LogP contribution in [-0.2, 0) is 17.6 Å². The fourth-order valence-corrected chi connectivity index (χ4v) is 3.83. The third-order valence-corrected chi connectivity index (χ3v) is 5.03. The van der Waals surface area contributed by atoms with Crippen LogP contribution in [0.2, 0.25) is 0 Å². The molecule has 1 spiro atoms. The molecule has 2 saturated heterocycles. The molecule has 3 heterocycles. The molecule has 1 N–H and O–H groups in total. The minimum absolute atomic E-state index is 0.131. The van der Waals surface area contributed by atoms with Crippen LogP contribution in [-0.4, -0.2) is 52.5 Å². The SMILES string of the molecule is O=C(c1noc2c1CCCC2)N1C[C@H](O)[C@]2(CCCO2)C1. The Morgan fingerprint density at radius 2 is 2.19 bits per heavy atom. The Morgan fingerprint density at radius 3 is 3.00 bits per heavy atom. The maximum atomic E-state index is 12.7. The highest BCUT2D eigenvalue weighted by atomic mass is 16.5. The highest BCUT2D eigenvalue weighted by Gasteiger charge is 2.51. The molecule has 1 aliphatic carbocycles. The van der Waals surface area contributed by atoms with Crippen molar-refractivity contribution >= 4 is 5.91 Å². The van der Waals surface area contributed by atoms with Crippen LogP contribution in [0.3, 0.4) is 0 Å². The zero-order valence-corrected chi connectivity index (χ0v) is 12.0. The number of aliphatic hydroxyl groups excluding tert-OH is 1. The smallest absolute Gasteiger partial charge is 0.276 e. The molecule has 1 amide bonds. The van der Waals surface area contributed by atoms with Crippen molar-refractivity contribution < 1.29 is 19.2 Å². The summed E-state index contributed by atoms with van der Waals surface area (Å²) < 4.78 is 11.1. The van der Waals surface area contributed by atoms with Crippen LogP contribution in [0, 0.1) is 0 Å². The highest BCUT2D eigenvalue weighted by molar-refractivity contribution is 5.94.